The molecule has 0 radical (unpaired) electrons. The van der Waals surface area contributed by atoms with Crippen LogP contribution in [-0.2, 0) is 5.60 Å². The van der Waals surface area contributed by atoms with Crippen LogP contribution in [-0.4, -0.2) is 17.4 Å². The Morgan fingerprint density at radius 2 is 0.958 bits per heavy atom. The molecule has 0 aliphatic rings. The fraction of sp³-hybridized carbons (Fsp3) is 0.100. The van der Waals surface area contributed by atoms with Gasteiger partial charge in [-0.1, -0.05) is 113 Å². The quantitative estimate of drug-likeness (QED) is 0.568. The van der Waals surface area contributed by atoms with Gasteiger partial charge >= 0.3 is 17.4 Å². The zero-order valence-corrected chi connectivity index (χ0v) is 14.9. The van der Waals surface area contributed by atoms with Gasteiger partial charge in [-0.2, -0.15) is 0 Å². The zero-order chi connectivity index (χ0) is 15.4. The molecule has 0 unspecified atom stereocenters. The second-order valence-electron chi connectivity index (χ2n) is 5.26. The van der Waals surface area contributed by atoms with Crippen molar-refractivity contribution in [3.05, 3.63) is 108 Å². The Kier molecular flexibility index (Phi) is 7.70. The van der Waals surface area contributed by atoms with Crippen molar-refractivity contribution in [1.29, 1.82) is 0 Å². The average molecular weight is 351 g/mol. The maximum absolute atomic E-state index is 13.7. The molecule has 0 amide bonds. The summed E-state index contributed by atoms with van der Waals surface area (Å²) in [5, 5.41) is 26.7. The predicted octanol–water partition coefficient (Wildman–Crippen LogP) is -0.985. The van der Waals surface area contributed by atoms with Gasteiger partial charge < -0.3 is 22.6 Å². The van der Waals surface area contributed by atoms with Crippen LogP contribution in [0.15, 0.2) is 91.0 Å². The van der Waals surface area contributed by atoms with E-state index in [1.165, 1.54) is 0 Å². The van der Waals surface area contributed by atoms with Crippen LogP contribution in [0, 0.1) is 0 Å². The van der Waals surface area contributed by atoms with Crippen LogP contribution in [0.3, 0.4) is 0 Å². The van der Waals surface area contributed by atoms with E-state index in [0.717, 1.165) is 0 Å². The Bertz CT molecular complexity index is 681. The van der Waals surface area contributed by atoms with Gasteiger partial charge in [0.2, 0.25) is 0 Å². The fourth-order valence-corrected chi connectivity index (χ4v) is 2.70. The third-order valence-electron chi connectivity index (χ3n) is 3.88. The van der Waals surface area contributed by atoms with Gasteiger partial charge in [0.1, 0.15) is 0 Å². The molecule has 3 rings (SSSR count). The first-order valence-corrected chi connectivity index (χ1v) is 7.25. The average Bonchev–Trinajstić information content (AvgIpc) is 2.62. The largest absolute Gasteiger partial charge is 3.00 e. The summed E-state index contributed by atoms with van der Waals surface area (Å²) < 4.78 is 0. The monoisotopic (exact) mass is 350 g/mol. The molecule has 0 aliphatic carbocycles. The van der Waals surface area contributed by atoms with Crippen LogP contribution < -0.4 is 22.6 Å². The second kappa shape index (κ2) is 9.03. The van der Waals surface area contributed by atoms with Crippen molar-refractivity contribution < 1.29 is 22.6 Å². The Morgan fingerprint density at radius 1 is 0.625 bits per heavy atom. The molecular weight excluding hydrogens is 335 g/mol. The minimum Gasteiger partial charge on any atom is -1.00 e. The van der Waals surface area contributed by atoms with Crippen molar-refractivity contribution in [2.75, 3.05) is 0 Å². The van der Waals surface area contributed by atoms with Gasteiger partial charge in [-0.05, 0) is 0 Å². The summed E-state index contributed by atoms with van der Waals surface area (Å²) >= 11 is 0. The first-order valence-electron chi connectivity index (χ1n) is 7.25. The predicted molar refractivity (Wildman–Crippen MR) is 88.6 cm³/mol. The molecule has 118 valence electrons. The molecule has 3 aromatic carbocycles. The van der Waals surface area contributed by atoms with Gasteiger partial charge in [-0.3, -0.25) is 0 Å². The van der Waals surface area contributed by atoms with Crippen LogP contribution in [0.4, 0.5) is 0 Å². The molecule has 0 aromatic heterocycles. The molecule has 0 fully saturated rings. The summed E-state index contributed by atoms with van der Waals surface area (Å²) in [5.74, 6) is 0. The molecule has 0 saturated carbocycles. The number of hydrogen-bond acceptors (Lipinski definition) is 2. The summed E-state index contributed by atoms with van der Waals surface area (Å²) in [7, 11) is 0. The molecule has 0 heterocycles. The van der Waals surface area contributed by atoms with E-state index in [0.29, 0.717) is 16.7 Å². The zero-order valence-electron chi connectivity index (χ0n) is 13.0. The van der Waals surface area contributed by atoms with Gasteiger partial charge in [0.25, 0.3) is 0 Å². The SMILES string of the molecule is [Al+3].[Cl-].[O-][C@@H](c1ccccc1)C([O-])(c1ccccc1)c1ccccc1. The molecule has 0 saturated heterocycles. The van der Waals surface area contributed by atoms with Crippen molar-refractivity contribution in [3.8, 4) is 0 Å². The van der Waals surface area contributed by atoms with Gasteiger partial charge in [-0.15, -0.1) is 6.10 Å². The molecule has 0 N–H and O–H groups in total. The van der Waals surface area contributed by atoms with E-state index in [-0.39, 0.29) is 29.8 Å². The first-order chi connectivity index (χ1) is 10.7. The normalized spacial score (nSPS) is 11.8. The maximum atomic E-state index is 13.7. The van der Waals surface area contributed by atoms with Crippen molar-refractivity contribution in [3.63, 3.8) is 0 Å². The smallest absolute Gasteiger partial charge is 1.00 e. The van der Waals surface area contributed by atoms with Gasteiger partial charge in [0.05, 0.1) is 0 Å². The minimum atomic E-state index is -1.86. The van der Waals surface area contributed by atoms with E-state index < -0.39 is 11.7 Å². The van der Waals surface area contributed by atoms with Crippen molar-refractivity contribution in [1.82, 2.24) is 0 Å². The number of benzene rings is 3. The summed E-state index contributed by atoms with van der Waals surface area (Å²) in [4.78, 5) is 0. The molecule has 24 heavy (non-hydrogen) atoms. The summed E-state index contributed by atoms with van der Waals surface area (Å²) in [5.41, 5.74) is -0.371. The summed E-state index contributed by atoms with van der Waals surface area (Å²) in [6.07, 6.45) is -1.42. The van der Waals surface area contributed by atoms with Crippen LogP contribution in [0.25, 0.3) is 0 Å². The third kappa shape index (κ3) is 3.90. The van der Waals surface area contributed by atoms with Crippen LogP contribution in [0.5, 0.6) is 0 Å². The molecule has 3 aromatic rings. The van der Waals surface area contributed by atoms with E-state index in [1.54, 1.807) is 72.8 Å². The van der Waals surface area contributed by atoms with E-state index >= 15 is 0 Å². The van der Waals surface area contributed by atoms with Gasteiger partial charge in [0, 0.05) is 0 Å². The van der Waals surface area contributed by atoms with Crippen LogP contribution >= 0.6 is 0 Å². The number of halogens is 1. The molecule has 2 nitrogen and oxygen atoms in total. The van der Waals surface area contributed by atoms with Crippen LogP contribution in [0.2, 0.25) is 0 Å². The van der Waals surface area contributed by atoms with Crippen molar-refractivity contribution in [2.45, 2.75) is 11.7 Å². The minimum absolute atomic E-state index is 0. The standard InChI is InChI=1S/C20H16O2.Al.ClH/c21-19(16-10-4-1-5-11-16)20(22,17-12-6-2-7-13-17)18-14-8-3-9-15-18;;/h1-15,19H;;1H/q-2;+3;/p-1/t19-;;/m0../s1. The molecular formula is C20H16AlClO2. The third-order valence-corrected chi connectivity index (χ3v) is 3.88. The first kappa shape index (κ1) is 20.4. The van der Waals surface area contributed by atoms with Gasteiger partial charge in [-0.25, -0.2) is 0 Å². The number of hydrogen-bond donors (Lipinski definition) is 0. The molecule has 0 aliphatic heterocycles. The number of rotatable bonds is 4. The molecule has 0 spiro atoms. The Morgan fingerprint density at radius 3 is 1.33 bits per heavy atom. The van der Waals surface area contributed by atoms with Gasteiger partial charge in [0.15, 0.2) is 0 Å². The topological polar surface area (TPSA) is 46.1 Å². The van der Waals surface area contributed by atoms with Crippen molar-refractivity contribution >= 4 is 17.4 Å². The molecule has 1 atom stereocenters. The molecule has 4 heteroatoms. The van der Waals surface area contributed by atoms with E-state index in [2.05, 4.69) is 0 Å². The summed E-state index contributed by atoms with van der Waals surface area (Å²) in [6, 6.07) is 26.6. The Labute approximate surface area is 159 Å². The Balaban J connectivity index is 0.00000144. The summed E-state index contributed by atoms with van der Waals surface area (Å²) in [6.45, 7) is 0. The fourth-order valence-electron chi connectivity index (χ4n) is 2.70. The van der Waals surface area contributed by atoms with E-state index in [1.807, 2.05) is 18.2 Å². The van der Waals surface area contributed by atoms with Crippen LogP contribution in [0.1, 0.15) is 22.8 Å². The molecule has 0 bridgehead atoms. The van der Waals surface area contributed by atoms with E-state index in [9.17, 15) is 10.2 Å². The Hall–Kier alpha value is -1.60. The van der Waals surface area contributed by atoms with E-state index in [4.69, 9.17) is 0 Å². The maximum Gasteiger partial charge on any atom is 3.00 e. The van der Waals surface area contributed by atoms with Crippen molar-refractivity contribution in [2.24, 2.45) is 0 Å². The second-order valence-corrected chi connectivity index (χ2v) is 5.26.